The van der Waals surface area contributed by atoms with Crippen molar-refractivity contribution in [3.63, 3.8) is 0 Å². The molecule has 0 aliphatic rings. The number of esters is 1. The van der Waals surface area contributed by atoms with Crippen molar-refractivity contribution in [3.05, 3.63) is 18.3 Å². The van der Waals surface area contributed by atoms with Crippen LogP contribution >= 0.6 is 54.5 Å². The quantitative estimate of drug-likeness (QED) is 0.691. The molecule has 0 radical (unpaired) electrons. The van der Waals surface area contributed by atoms with Gasteiger partial charge in [0.25, 0.3) is 0 Å². The first kappa shape index (κ1) is 12.5. The van der Waals surface area contributed by atoms with Gasteiger partial charge in [-0.2, -0.15) is 0 Å². The number of rotatable bonds is 2. The van der Waals surface area contributed by atoms with E-state index in [1.165, 1.54) is 11.3 Å². The Morgan fingerprint density at radius 2 is 2.06 bits per heavy atom. The second-order valence-electron chi connectivity index (χ2n) is 2.82. The molecule has 0 unspecified atom stereocenters. The fraction of sp³-hybridized carbons (Fsp3) is 0.222. The van der Waals surface area contributed by atoms with Crippen molar-refractivity contribution in [2.45, 2.75) is 6.92 Å². The maximum absolute atomic E-state index is 13.9. The van der Waals surface area contributed by atoms with Gasteiger partial charge in [-0.1, -0.05) is 0 Å². The lowest BCUT2D eigenvalue weighted by atomic mass is 10.3. The van der Waals surface area contributed by atoms with Crippen molar-refractivity contribution < 1.29 is 13.9 Å². The zero-order valence-corrected chi connectivity index (χ0v) is 12.8. The van der Waals surface area contributed by atoms with E-state index in [1.807, 2.05) is 0 Å². The molecular formula is C9H5Br2FO2S2. The Kier molecular flexibility index (Phi) is 3.68. The molecule has 2 rings (SSSR count). The van der Waals surface area contributed by atoms with Gasteiger partial charge in [0.15, 0.2) is 5.82 Å². The van der Waals surface area contributed by atoms with E-state index in [0.717, 1.165) is 19.8 Å². The molecule has 2 aromatic rings. The Morgan fingerprint density at radius 1 is 1.38 bits per heavy atom. The summed E-state index contributed by atoms with van der Waals surface area (Å²) in [5, 5.41) is 0.449. The normalized spacial score (nSPS) is 11.0. The van der Waals surface area contributed by atoms with Gasteiger partial charge in [0.1, 0.15) is 4.88 Å². The Bertz CT molecular complexity index is 561. The third-order valence-corrected chi connectivity index (χ3v) is 5.95. The number of carbonyl (C=O) groups is 1. The van der Waals surface area contributed by atoms with E-state index in [0.29, 0.717) is 9.17 Å². The molecule has 16 heavy (non-hydrogen) atoms. The Balaban J connectivity index is 2.61. The first-order valence-electron chi connectivity index (χ1n) is 4.29. The highest BCUT2D eigenvalue weighted by Crippen LogP contribution is 2.45. The van der Waals surface area contributed by atoms with E-state index in [1.54, 1.807) is 6.92 Å². The maximum atomic E-state index is 13.9. The van der Waals surface area contributed by atoms with Crippen LogP contribution in [0.15, 0.2) is 7.57 Å². The third-order valence-electron chi connectivity index (χ3n) is 1.87. The molecule has 2 heterocycles. The SMILES string of the molecule is CCOC(=O)c1sc2c(Br)sc(Br)c2c1F. The van der Waals surface area contributed by atoms with E-state index in [2.05, 4.69) is 31.9 Å². The van der Waals surface area contributed by atoms with Crippen molar-refractivity contribution >= 4 is 70.6 Å². The van der Waals surface area contributed by atoms with Gasteiger partial charge < -0.3 is 4.74 Å². The van der Waals surface area contributed by atoms with Gasteiger partial charge in [-0.3, -0.25) is 0 Å². The molecule has 0 saturated heterocycles. The minimum Gasteiger partial charge on any atom is -0.462 e. The van der Waals surface area contributed by atoms with Gasteiger partial charge >= 0.3 is 5.97 Å². The van der Waals surface area contributed by atoms with Crippen LogP contribution in [-0.4, -0.2) is 12.6 Å². The van der Waals surface area contributed by atoms with Crippen molar-refractivity contribution in [3.8, 4) is 0 Å². The zero-order chi connectivity index (χ0) is 11.9. The van der Waals surface area contributed by atoms with E-state index < -0.39 is 11.8 Å². The van der Waals surface area contributed by atoms with E-state index in [-0.39, 0.29) is 11.5 Å². The second-order valence-corrected chi connectivity index (χ2v) is 7.50. The van der Waals surface area contributed by atoms with Crippen LogP contribution < -0.4 is 0 Å². The molecule has 0 saturated carbocycles. The van der Waals surface area contributed by atoms with Gasteiger partial charge in [-0.25, -0.2) is 9.18 Å². The van der Waals surface area contributed by atoms with Crippen LogP contribution in [0, 0.1) is 5.82 Å². The van der Waals surface area contributed by atoms with Crippen LogP contribution in [0.2, 0.25) is 0 Å². The molecule has 86 valence electrons. The largest absolute Gasteiger partial charge is 0.462 e. The minimum absolute atomic E-state index is 0.0288. The van der Waals surface area contributed by atoms with Gasteiger partial charge in [0, 0.05) is 0 Å². The van der Waals surface area contributed by atoms with Gasteiger partial charge in [-0.15, -0.1) is 22.7 Å². The summed E-state index contributed by atoms with van der Waals surface area (Å²) in [4.78, 5) is 11.5. The molecule has 0 fully saturated rings. The number of ether oxygens (including phenoxy) is 1. The first-order chi connectivity index (χ1) is 7.56. The Hall–Kier alpha value is 0.0200. The van der Waals surface area contributed by atoms with Crippen LogP contribution in [0.5, 0.6) is 0 Å². The van der Waals surface area contributed by atoms with Crippen LogP contribution in [0.4, 0.5) is 4.39 Å². The standard InChI is InChI=1S/C9H5Br2FO2S2/c1-2-14-9(13)6-4(12)3-5(15-6)8(11)16-7(3)10/h2H2,1H3. The smallest absolute Gasteiger partial charge is 0.351 e. The average molecular weight is 388 g/mol. The number of fused-ring (bicyclic) bond motifs is 1. The topological polar surface area (TPSA) is 26.3 Å². The fourth-order valence-electron chi connectivity index (χ4n) is 1.23. The molecule has 0 aliphatic heterocycles. The van der Waals surface area contributed by atoms with E-state index in [4.69, 9.17) is 4.74 Å². The summed E-state index contributed by atoms with van der Waals surface area (Å²) in [6, 6.07) is 0. The molecular weight excluding hydrogens is 383 g/mol. The number of hydrogen-bond donors (Lipinski definition) is 0. The first-order valence-corrected chi connectivity index (χ1v) is 7.51. The van der Waals surface area contributed by atoms with Crippen LogP contribution in [0.1, 0.15) is 16.6 Å². The minimum atomic E-state index is -0.606. The predicted octanol–water partition coefficient (Wildman–Crippen LogP) is 4.80. The number of hydrogen-bond acceptors (Lipinski definition) is 4. The lowest BCUT2D eigenvalue weighted by Gasteiger charge is -1.97. The molecule has 0 spiro atoms. The van der Waals surface area contributed by atoms with Crippen molar-refractivity contribution in [1.29, 1.82) is 0 Å². The summed E-state index contributed by atoms with van der Waals surface area (Å²) < 4.78 is 21.0. The molecule has 0 aliphatic carbocycles. The lowest BCUT2D eigenvalue weighted by Crippen LogP contribution is -2.03. The molecule has 2 aromatic heterocycles. The number of halogens is 3. The van der Waals surface area contributed by atoms with Gasteiger partial charge in [0.2, 0.25) is 0 Å². The van der Waals surface area contributed by atoms with Crippen molar-refractivity contribution in [2.24, 2.45) is 0 Å². The highest BCUT2D eigenvalue weighted by molar-refractivity contribution is 9.12. The molecule has 0 amide bonds. The Labute approximate surface area is 116 Å². The summed E-state index contributed by atoms with van der Waals surface area (Å²) in [5.41, 5.74) is 0. The fourth-order valence-corrected chi connectivity index (χ4v) is 5.67. The van der Waals surface area contributed by atoms with Gasteiger partial charge in [0.05, 0.1) is 24.3 Å². The summed E-state index contributed by atoms with van der Waals surface area (Å²) in [6.45, 7) is 1.93. The molecule has 0 aromatic carbocycles. The Morgan fingerprint density at radius 3 is 2.62 bits per heavy atom. The summed E-state index contributed by atoms with van der Waals surface area (Å²) in [6.07, 6.45) is 0. The summed E-state index contributed by atoms with van der Waals surface area (Å²) in [5.74, 6) is -1.11. The van der Waals surface area contributed by atoms with Crippen LogP contribution in [0.3, 0.4) is 0 Å². The van der Waals surface area contributed by atoms with Crippen LogP contribution in [-0.2, 0) is 4.74 Å². The van der Waals surface area contributed by atoms with Crippen molar-refractivity contribution in [2.75, 3.05) is 6.61 Å². The van der Waals surface area contributed by atoms with E-state index in [9.17, 15) is 9.18 Å². The summed E-state index contributed by atoms with van der Waals surface area (Å²) in [7, 11) is 0. The highest BCUT2D eigenvalue weighted by Gasteiger charge is 2.24. The molecule has 0 N–H and O–H groups in total. The highest BCUT2D eigenvalue weighted by atomic mass is 79.9. The monoisotopic (exact) mass is 386 g/mol. The molecule has 7 heteroatoms. The number of thiophene rings is 2. The molecule has 0 bridgehead atoms. The van der Waals surface area contributed by atoms with Crippen LogP contribution in [0.25, 0.3) is 10.1 Å². The predicted molar refractivity (Wildman–Crippen MR) is 71.0 cm³/mol. The second kappa shape index (κ2) is 4.72. The maximum Gasteiger partial charge on any atom is 0.351 e. The number of carbonyl (C=O) groups excluding carboxylic acids is 1. The van der Waals surface area contributed by atoms with Gasteiger partial charge in [-0.05, 0) is 38.8 Å². The lowest BCUT2D eigenvalue weighted by molar-refractivity contribution is 0.0527. The zero-order valence-electron chi connectivity index (χ0n) is 7.97. The molecule has 2 nitrogen and oxygen atoms in total. The third kappa shape index (κ3) is 1.94. The van der Waals surface area contributed by atoms with E-state index >= 15 is 0 Å². The summed E-state index contributed by atoms with van der Waals surface area (Å²) >= 11 is 9.10. The molecule has 0 atom stereocenters. The average Bonchev–Trinajstić information content (AvgIpc) is 2.68. The van der Waals surface area contributed by atoms with Crippen molar-refractivity contribution in [1.82, 2.24) is 0 Å².